The van der Waals surface area contributed by atoms with Crippen molar-refractivity contribution in [2.45, 2.75) is 6.92 Å². The lowest BCUT2D eigenvalue weighted by molar-refractivity contribution is 0.780. The molecule has 2 aromatic heterocycles. The standard InChI is InChI=1S/C7H8N4S/c1-4-5-6(9-3-8-4)11(2)10-7(5)12/h3H,1-2H3,(H,10,12). The van der Waals surface area contributed by atoms with Crippen molar-refractivity contribution in [2.75, 3.05) is 0 Å². The molecule has 0 bridgehead atoms. The van der Waals surface area contributed by atoms with Gasteiger partial charge >= 0.3 is 0 Å². The maximum Gasteiger partial charge on any atom is 0.160 e. The quantitative estimate of drug-likeness (QED) is 0.622. The third-order valence-electron chi connectivity index (χ3n) is 1.83. The van der Waals surface area contributed by atoms with Gasteiger partial charge in [0.15, 0.2) is 5.65 Å². The van der Waals surface area contributed by atoms with E-state index < -0.39 is 0 Å². The highest BCUT2D eigenvalue weighted by molar-refractivity contribution is 7.71. The third kappa shape index (κ3) is 0.863. The van der Waals surface area contributed by atoms with Crippen molar-refractivity contribution in [1.29, 1.82) is 0 Å². The van der Waals surface area contributed by atoms with Crippen LogP contribution in [-0.4, -0.2) is 19.7 Å². The van der Waals surface area contributed by atoms with Crippen LogP contribution < -0.4 is 0 Å². The Morgan fingerprint density at radius 1 is 1.50 bits per heavy atom. The van der Waals surface area contributed by atoms with Crippen LogP contribution in [0, 0.1) is 11.6 Å². The SMILES string of the molecule is Cc1ncnc2c1c(=S)[nH]n2C. The molecule has 5 heteroatoms. The van der Waals surface area contributed by atoms with E-state index >= 15 is 0 Å². The summed E-state index contributed by atoms with van der Waals surface area (Å²) in [5.74, 6) is 0. The Labute approximate surface area is 74.2 Å². The van der Waals surface area contributed by atoms with Gasteiger partial charge in [-0.15, -0.1) is 0 Å². The van der Waals surface area contributed by atoms with Crippen LogP contribution in [0.2, 0.25) is 0 Å². The highest BCUT2D eigenvalue weighted by Gasteiger charge is 2.04. The average molecular weight is 180 g/mol. The zero-order chi connectivity index (χ0) is 8.72. The molecule has 0 unspecified atom stereocenters. The molecule has 0 saturated carbocycles. The van der Waals surface area contributed by atoms with E-state index in [1.807, 2.05) is 14.0 Å². The van der Waals surface area contributed by atoms with Crippen molar-refractivity contribution in [2.24, 2.45) is 7.05 Å². The molecule has 0 spiro atoms. The molecule has 2 rings (SSSR count). The van der Waals surface area contributed by atoms with Gasteiger partial charge in [-0.05, 0) is 6.92 Å². The Kier molecular flexibility index (Phi) is 1.47. The van der Waals surface area contributed by atoms with Crippen molar-refractivity contribution in [1.82, 2.24) is 19.7 Å². The van der Waals surface area contributed by atoms with Gasteiger partial charge in [-0.2, -0.15) is 0 Å². The molecule has 0 aliphatic heterocycles. The first-order valence-corrected chi connectivity index (χ1v) is 3.97. The molecule has 0 aromatic carbocycles. The van der Waals surface area contributed by atoms with Gasteiger partial charge in [-0.3, -0.25) is 9.78 Å². The first kappa shape index (κ1) is 7.42. The summed E-state index contributed by atoms with van der Waals surface area (Å²) in [6.07, 6.45) is 1.54. The molecule has 0 fully saturated rings. The van der Waals surface area contributed by atoms with Gasteiger partial charge in [0.1, 0.15) is 11.0 Å². The maximum absolute atomic E-state index is 5.11. The minimum Gasteiger partial charge on any atom is -0.286 e. The van der Waals surface area contributed by atoms with Gasteiger partial charge in [0.25, 0.3) is 0 Å². The molecule has 4 nitrogen and oxygen atoms in total. The van der Waals surface area contributed by atoms with E-state index in [0.717, 1.165) is 16.7 Å². The van der Waals surface area contributed by atoms with Crippen LogP contribution in [0.25, 0.3) is 11.0 Å². The van der Waals surface area contributed by atoms with Gasteiger partial charge in [0.2, 0.25) is 0 Å². The Morgan fingerprint density at radius 2 is 2.25 bits per heavy atom. The summed E-state index contributed by atoms with van der Waals surface area (Å²) in [6.45, 7) is 1.92. The fourth-order valence-corrected chi connectivity index (χ4v) is 1.62. The summed E-state index contributed by atoms with van der Waals surface area (Å²) >= 11 is 5.11. The summed E-state index contributed by atoms with van der Waals surface area (Å²) < 4.78 is 2.50. The topological polar surface area (TPSA) is 46.5 Å². The lowest BCUT2D eigenvalue weighted by Gasteiger charge is -1.93. The van der Waals surface area contributed by atoms with Crippen LogP contribution in [0.4, 0.5) is 0 Å². The molecule has 0 atom stereocenters. The molecular weight excluding hydrogens is 172 g/mol. The van der Waals surface area contributed by atoms with E-state index in [1.165, 1.54) is 0 Å². The van der Waals surface area contributed by atoms with Crippen LogP contribution in [0.15, 0.2) is 6.33 Å². The molecule has 12 heavy (non-hydrogen) atoms. The third-order valence-corrected chi connectivity index (χ3v) is 2.13. The normalized spacial score (nSPS) is 10.8. The molecule has 0 aliphatic rings. The predicted molar refractivity (Wildman–Crippen MR) is 48.4 cm³/mol. The van der Waals surface area contributed by atoms with Gasteiger partial charge < -0.3 is 0 Å². The van der Waals surface area contributed by atoms with Gasteiger partial charge in [0.05, 0.1) is 11.1 Å². The zero-order valence-corrected chi connectivity index (χ0v) is 7.64. The summed E-state index contributed by atoms with van der Waals surface area (Å²) in [5.41, 5.74) is 1.77. The minimum atomic E-state index is 0.700. The van der Waals surface area contributed by atoms with E-state index in [2.05, 4.69) is 15.1 Å². The summed E-state index contributed by atoms with van der Waals surface area (Å²) in [5, 5.41) is 3.93. The summed E-state index contributed by atoms with van der Waals surface area (Å²) in [6, 6.07) is 0. The largest absolute Gasteiger partial charge is 0.286 e. The second kappa shape index (κ2) is 2.38. The summed E-state index contributed by atoms with van der Waals surface area (Å²) in [4.78, 5) is 8.19. The maximum atomic E-state index is 5.11. The second-order valence-electron chi connectivity index (χ2n) is 2.66. The average Bonchev–Trinajstić information content (AvgIpc) is 2.29. The van der Waals surface area contributed by atoms with E-state index in [0.29, 0.717) is 4.64 Å². The van der Waals surface area contributed by atoms with Crippen molar-refractivity contribution < 1.29 is 0 Å². The number of hydrogen-bond donors (Lipinski definition) is 1. The highest BCUT2D eigenvalue weighted by Crippen LogP contribution is 2.13. The molecule has 1 N–H and O–H groups in total. The Morgan fingerprint density at radius 3 is 2.92 bits per heavy atom. The first-order chi connectivity index (χ1) is 5.70. The van der Waals surface area contributed by atoms with E-state index in [1.54, 1.807) is 11.0 Å². The number of nitrogens with zero attached hydrogens (tertiary/aromatic N) is 3. The zero-order valence-electron chi connectivity index (χ0n) is 6.83. The van der Waals surface area contributed by atoms with Crippen LogP contribution in [0.3, 0.4) is 0 Å². The molecule has 2 aromatic rings. The van der Waals surface area contributed by atoms with Crippen LogP contribution >= 0.6 is 12.2 Å². The number of fused-ring (bicyclic) bond motifs is 1. The number of rotatable bonds is 0. The molecule has 0 aliphatic carbocycles. The van der Waals surface area contributed by atoms with E-state index in [4.69, 9.17) is 12.2 Å². The number of hydrogen-bond acceptors (Lipinski definition) is 3. The van der Waals surface area contributed by atoms with Crippen LogP contribution in [-0.2, 0) is 7.05 Å². The van der Waals surface area contributed by atoms with Gasteiger partial charge in [0, 0.05) is 7.05 Å². The molecule has 0 amide bonds. The fraction of sp³-hybridized carbons (Fsp3) is 0.286. The second-order valence-corrected chi connectivity index (χ2v) is 3.07. The smallest absolute Gasteiger partial charge is 0.160 e. The summed E-state index contributed by atoms with van der Waals surface area (Å²) in [7, 11) is 1.88. The lowest BCUT2D eigenvalue weighted by atomic mass is 10.3. The predicted octanol–water partition coefficient (Wildman–Crippen LogP) is 1.33. The van der Waals surface area contributed by atoms with E-state index in [9.17, 15) is 0 Å². The molecule has 2 heterocycles. The van der Waals surface area contributed by atoms with Crippen molar-refractivity contribution in [3.8, 4) is 0 Å². The lowest BCUT2D eigenvalue weighted by Crippen LogP contribution is -1.92. The highest BCUT2D eigenvalue weighted by atomic mass is 32.1. The number of H-pyrrole nitrogens is 1. The monoisotopic (exact) mass is 180 g/mol. The first-order valence-electron chi connectivity index (χ1n) is 3.56. The Balaban J connectivity index is 3.09. The number of aromatic nitrogens is 4. The van der Waals surface area contributed by atoms with Crippen molar-refractivity contribution in [3.05, 3.63) is 16.7 Å². The number of aryl methyl sites for hydroxylation is 2. The molecule has 62 valence electrons. The molecule has 0 saturated heterocycles. The minimum absolute atomic E-state index is 0.700. The Bertz CT molecular complexity index is 482. The molecule has 0 radical (unpaired) electrons. The Hall–Kier alpha value is -1.23. The van der Waals surface area contributed by atoms with E-state index in [-0.39, 0.29) is 0 Å². The van der Waals surface area contributed by atoms with Crippen LogP contribution in [0.1, 0.15) is 5.69 Å². The van der Waals surface area contributed by atoms with Crippen molar-refractivity contribution in [3.63, 3.8) is 0 Å². The van der Waals surface area contributed by atoms with Gasteiger partial charge in [-0.25, -0.2) is 9.97 Å². The number of aromatic amines is 1. The number of nitrogens with one attached hydrogen (secondary N) is 1. The molecular formula is C7H8N4S. The van der Waals surface area contributed by atoms with Crippen LogP contribution in [0.5, 0.6) is 0 Å². The van der Waals surface area contributed by atoms with Crippen molar-refractivity contribution >= 4 is 23.3 Å². The van der Waals surface area contributed by atoms with Gasteiger partial charge in [-0.1, -0.05) is 12.2 Å². The fourth-order valence-electron chi connectivity index (χ4n) is 1.24.